The van der Waals surface area contributed by atoms with Gasteiger partial charge < -0.3 is 20.1 Å². The number of methoxy groups -OCH3 is 1. The second-order valence-electron chi connectivity index (χ2n) is 9.31. The maximum atomic E-state index is 15.5. The number of carbonyl (C=O) groups excluding carboxylic acids is 2. The molecule has 1 aromatic heterocycles. The maximum absolute atomic E-state index is 15.5. The Morgan fingerprint density at radius 3 is 2.85 bits per heavy atom. The number of H-pyrrole nitrogens is 1. The topological polar surface area (TPSA) is 97.9 Å². The Hall–Kier alpha value is -3.17. The molecule has 8 nitrogen and oxygen atoms in total. The van der Waals surface area contributed by atoms with Gasteiger partial charge in [-0.05, 0) is 56.6 Å². The predicted molar refractivity (Wildman–Crippen MR) is 125 cm³/mol. The van der Waals surface area contributed by atoms with Crippen molar-refractivity contribution in [1.29, 1.82) is 0 Å². The first-order valence-electron chi connectivity index (χ1n) is 11.5. The number of hydrogen-bond donors (Lipinski definition) is 3. The van der Waals surface area contributed by atoms with E-state index in [1.807, 2.05) is 19.2 Å². The van der Waals surface area contributed by atoms with Crippen molar-refractivity contribution in [2.75, 3.05) is 27.2 Å². The van der Waals surface area contributed by atoms with Crippen molar-refractivity contribution < 1.29 is 23.8 Å². The number of nitrogens with one attached hydrogen (secondary N) is 2. The van der Waals surface area contributed by atoms with Gasteiger partial charge in [0.1, 0.15) is 11.6 Å². The molecule has 1 unspecified atom stereocenters. The number of ether oxygens (including phenoxy) is 1. The van der Waals surface area contributed by atoms with Gasteiger partial charge in [-0.2, -0.15) is 0 Å². The number of halogens is 1. The first-order valence-corrected chi connectivity index (χ1v) is 11.5. The van der Waals surface area contributed by atoms with Crippen LogP contribution >= 0.6 is 0 Å². The lowest BCUT2D eigenvalue weighted by Crippen LogP contribution is -2.53. The minimum Gasteiger partial charge on any atom is -0.494 e. The molecule has 1 saturated heterocycles. The Bertz CT molecular complexity index is 1240. The Kier molecular flexibility index (Phi) is 5.49. The monoisotopic (exact) mass is 468 g/mol. The second-order valence-corrected chi connectivity index (χ2v) is 9.31. The highest BCUT2D eigenvalue weighted by Gasteiger charge is 2.60. The SMILES string of the molecule is CNCCCN1C(=O)N2[C@H](C3=CC(O)CC=C3)c3[nH]c4ccc(OC)c(F)c4c3C[C@@]2(C)C1=O. The van der Waals surface area contributed by atoms with E-state index in [9.17, 15) is 14.7 Å². The molecular weight excluding hydrogens is 439 g/mol. The molecule has 3 aliphatic rings. The van der Waals surface area contributed by atoms with E-state index in [0.29, 0.717) is 53.7 Å². The van der Waals surface area contributed by atoms with Crippen LogP contribution in [0.5, 0.6) is 5.75 Å². The van der Waals surface area contributed by atoms with Crippen molar-refractivity contribution in [3.8, 4) is 5.75 Å². The first kappa shape index (κ1) is 22.6. The highest BCUT2D eigenvalue weighted by atomic mass is 19.1. The fourth-order valence-corrected chi connectivity index (χ4v) is 5.54. The quantitative estimate of drug-likeness (QED) is 0.448. The number of imide groups is 1. The zero-order chi connectivity index (χ0) is 24.2. The number of nitrogens with zero attached hydrogens (tertiary/aromatic N) is 2. The summed E-state index contributed by atoms with van der Waals surface area (Å²) in [6.07, 6.45) is 6.02. The van der Waals surface area contributed by atoms with E-state index in [-0.39, 0.29) is 24.1 Å². The van der Waals surface area contributed by atoms with E-state index < -0.39 is 23.5 Å². The van der Waals surface area contributed by atoms with Gasteiger partial charge in [0.2, 0.25) is 0 Å². The van der Waals surface area contributed by atoms with Crippen molar-refractivity contribution in [3.63, 3.8) is 0 Å². The highest BCUT2D eigenvalue weighted by Crippen LogP contribution is 2.50. The van der Waals surface area contributed by atoms with Crippen molar-refractivity contribution >= 4 is 22.8 Å². The molecule has 1 fully saturated rings. The van der Waals surface area contributed by atoms with Crippen LogP contribution < -0.4 is 10.1 Å². The van der Waals surface area contributed by atoms with Crippen LogP contribution in [-0.4, -0.2) is 70.7 Å². The molecule has 0 spiro atoms. The molecule has 3 atom stereocenters. The molecule has 3 N–H and O–H groups in total. The number of aromatic nitrogens is 1. The summed E-state index contributed by atoms with van der Waals surface area (Å²) >= 11 is 0. The van der Waals surface area contributed by atoms with Gasteiger partial charge in [-0.15, -0.1) is 0 Å². The van der Waals surface area contributed by atoms with Gasteiger partial charge in [-0.3, -0.25) is 14.6 Å². The number of amides is 3. The van der Waals surface area contributed by atoms with Gasteiger partial charge in [-0.25, -0.2) is 9.18 Å². The van der Waals surface area contributed by atoms with Crippen LogP contribution in [0.25, 0.3) is 10.9 Å². The van der Waals surface area contributed by atoms with Crippen molar-refractivity contribution in [1.82, 2.24) is 20.1 Å². The predicted octanol–water partition coefficient (Wildman–Crippen LogP) is 2.79. The van der Waals surface area contributed by atoms with E-state index in [1.165, 1.54) is 12.0 Å². The number of rotatable bonds is 6. The van der Waals surface area contributed by atoms with Crippen LogP contribution in [0.2, 0.25) is 0 Å². The number of urea groups is 1. The number of carbonyl (C=O) groups is 2. The third-order valence-electron chi connectivity index (χ3n) is 7.15. The van der Waals surface area contributed by atoms with Crippen LogP contribution in [-0.2, 0) is 11.2 Å². The Balaban J connectivity index is 1.71. The number of aromatic amines is 1. The summed E-state index contributed by atoms with van der Waals surface area (Å²) in [5.41, 5.74) is 1.40. The van der Waals surface area contributed by atoms with Crippen LogP contribution in [0.1, 0.15) is 37.1 Å². The minimum absolute atomic E-state index is 0.119. The van der Waals surface area contributed by atoms with Gasteiger partial charge in [0, 0.05) is 29.6 Å². The molecule has 1 aromatic carbocycles. The van der Waals surface area contributed by atoms with E-state index >= 15 is 4.39 Å². The lowest BCUT2D eigenvalue weighted by molar-refractivity contribution is -0.133. The van der Waals surface area contributed by atoms with Gasteiger partial charge in [0.25, 0.3) is 5.91 Å². The van der Waals surface area contributed by atoms with Crippen molar-refractivity contribution in [2.24, 2.45) is 0 Å². The summed E-state index contributed by atoms with van der Waals surface area (Å²) < 4.78 is 20.7. The molecule has 9 heteroatoms. The van der Waals surface area contributed by atoms with E-state index in [2.05, 4.69) is 10.3 Å². The molecule has 0 radical (unpaired) electrons. The largest absolute Gasteiger partial charge is 0.494 e. The fraction of sp³-hybridized carbons (Fsp3) is 0.440. The van der Waals surface area contributed by atoms with Crippen molar-refractivity contribution in [2.45, 2.75) is 43.9 Å². The zero-order valence-electron chi connectivity index (χ0n) is 19.5. The lowest BCUT2D eigenvalue weighted by Gasteiger charge is -2.43. The number of fused-ring (bicyclic) bond motifs is 4. The molecule has 0 saturated carbocycles. The van der Waals surface area contributed by atoms with Crippen LogP contribution in [0.3, 0.4) is 0 Å². The summed E-state index contributed by atoms with van der Waals surface area (Å²) in [5.74, 6) is -0.667. The third-order valence-corrected chi connectivity index (χ3v) is 7.15. The van der Waals surface area contributed by atoms with Crippen LogP contribution in [0.4, 0.5) is 9.18 Å². The molecule has 0 bridgehead atoms. The Morgan fingerprint density at radius 1 is 1.35 bits per heavy atom. The molecule has 180 valence electrons. The minimum atomic E-state index is -1.18. The van der Waals surface area contributed by atoms with E-state index in [0.717, 1.165) is 0 Å². The molecule has 3 amide bonds. The van der Waals surface area contributed by atoms with E-state index in [4.69, 9.17) is 4.74 Å². The fourth-order valence-electron chi connectivity index (χ4n) is 5.54. The van der Waals surface area contributed by atoms with E-state index in [1.54, 1.807) is 30.0 Å². The number of aliphatic hydroxyl groups excluding tert-OH is 1. The highest BCUT2D eigenvalue weighted by molar-refractivity contribution is 6.08. The van der Waals surface area contributed by atoms with Crippen molar-refractivity contribution in [3.05, 3.63) is 53.0 Å². The maximum Gasteiger partial charge on any atom is 0.328 e. The zero-order valence-corrected chi connectivity index (χ0v) is 19.5. The average molecular weight is 469 g/mol. The van der Waals surface area contributed by atoms with Gasteiger partial charge in [-0.1, -0.05) is 18.2 Å². The molecule has 1 aliphatic carbocycles. The summed E-state index contributed by atoms with van der Waals surface area (Å²) in [7, 11) is 3.23. The summed E-state index contributed by atoms with van der Waals surface area (Å²) in [6, 6.07) is 2.27. The normalized spacial score (nSPS) is 26.2. The van der Waals surface area contributed by atoms with Crippen LogP contribution in [0, 0.1) is 5.82 Å². The Morgan fingerprint density at radius 2 is 2.15 bits per heavy atom. The average Bonchev–Trinajstić information content (AvgIpc) is 3.26. The second kappa shape index (κ2) is 8.25. The summed E-state index contributed by atoms with van der Waals surface area (Å²) in [4.78, 5) is 33.6. The number of aliphatic hydroxyl groups is 1. The van der Waals surface area contributed by atoms with Gasteiger partial charge >= 0.3 is 6.03 Å². The number of hydrogen-bond acceptors (Lipinski definition) is 5. The number of benzene rings is 1. The summed E-state index contributed by atoms with van der Waals surface area (Å²) in [5, 5.41) is 13.7. The first-order chi connectivity index (χ1) is 16.3. The van der Waals surface area contributed by atoms with Gasteiger partial charge in [0.05, 0.1) is 13.2 Å². The van der Waals surface area contributed by atoms with Gasteiger partial charge in [0.15, 0.2) is 11.6 Å². The van der Waals surface area contributed by atoms with Crippen LogP contribution in [0.15, 0.2) is 35.9 Å². The molecule has 3 heterocycles. The third kappa shape index (κ3) is 3.18. The smallest absolute Gasteiger partial charge is 0.328 e. The molecular formula is C25H29FN4O4. The lowest BCUT2D eigenvalue weighted by atomic mass is 9.80. The molecule has 34 heavy (non-hydrogen) atoms. The molecule has 2 aliphatic heterocycles. The molecule has 5 rings (SSSR count). The Labute approximate surface area is 197 Å². The standard InChI is InChI=1S/C25H29FN4O4/c1-25-13-16-19-17(8-9-18(34-3)20(19)26)28-21(16)22(14-6-4-7-15(31)12-14)30(25)24(33)29(23(25)32)11-5-10-27-2/h4,6,8-9,12,15,22,27-28,31H,5,7,10-11,13H2,1-3H3/t15?,22-,25+/m1/s1. The summed E-state index contributed by atoms with van der Waals surface area (Å²) in [6.45, 7) is 2.72. The molecule has 2 aromatic rings.